The van der Waals surface area contributed by atoms with Crippen molar-refractivity contribution in [2.24, 2.45) is 11.1 Å². The molecule has 2 amide bonds. The van der Waals surface area contributed by atoms with Gasteiger partial charge in [0.1, 0.15) is 5.69 Å². The highest BCUT2D eigenvalue weighted by atomic mass is 16.5. The topological polar surface area (TPSA) is 106 Å². The lowest BCUT2D eigenvalue weighted by molar-refractivity contribution is 0.0510. The first-order chi connectivity index (χ1) is 10.6. The Morgan fingerprint density at radius 3 is 2.68 bits per heavy atom. The van der Waals surface area contributed by atoms with Crippen molar-refractivity contribution < 1.29 is 14.3 Å². The minimum absolute atomic E-state index is 0.0389. The summed E-state index contributed by atoms with van der Waals surface area (Å²) < 4.78 is 5.32. The third-order valence-corrected chi connectivity index (χ3v) is 4.02. The molecule has 22 heavy (non-hydrogen) atoms. The van der Waals surface area contributed by atoms with Crippen LogP contribution in [0.4, 0.5) is 0 Å². The minimum Gasteiger partial charge on any atom is -0.384 e. The molecule has 0 radical (unpaired) electrons. The van der Waals surface area contributed by atoms with Crippen molar-refractivity contribution in [3.63, 3.8) is 0 Å². The summed E-state index contributed by atoms with van der Waals surface area (Å²) in [7, 11) is 1.68. The molecule has 2 rings (SSSR count). The maximum Gasteiger partial charge on any atom is 0.269 e. The molecular weight excluding hydrogens is 284 g/mol. The van der Waals surface area contributed by atoms with Gasteiger partial charge in [0, 0.05) is 25.3 Å². The zero-order chi connectivity index (χ0) is 16.0. The maximum absolute atomic E-state index is 12.2. The van der Waals surface area contributed by atoms with Gasteiger partial charge >= 0.3 is 0 Å². The molecule has 2 heterocycles. The van der Waals surface area contributed by atoms with Crippen molar-refractivity contribution in [3.05, 3.63) is 29.6 Å². The van der Waals surface area contributed by atoms with Crippen LogP contribution in [0.2, 0.25) is 0 Å². The molecule has 4 N–H and O–H groups in total. The van der Waals surface area contributed by atoms with Gasteiger partial charge in [0.05, 0.1) is 12.2 Å². The van der Waals surface area contributed by atoms with Crippen LogP contribution in [0.5, 0.6) is 0 Å². The molecule has 120 valence electrons. The molecule has 1 aliphatic rings. The largest absolute Gasteiger partial charge is 0.384 e. The molecule has 0 aliphatic carbocycles. The molecule has 1 aromatic rings. The van der Waals surface area contributed by atoms with Crippen LogP contribution >= 0.6 is 0 Å². The number of hydrogen-bond acceptors (Lipinski definition) is 5. The second-order valence-electron chi connectivity index (χ2n) is 5.66. The van der Waals surface area contributed by atoms with E-state index >= 15 is 0 Å². The predicted molar refractivity (Wildman–Crippen MR) is 81.5 cm³/mol. The number of pyridine rings is 1. The average molecular weight is 306 g/mol. The van der Waals surface area contributed by atoms with Crippen LogP contribution in [0, 0.1) is 5.41 Å². The van der Waals surface area contributed by atoms with Gasteiger partial charge < -0.3 is 21.1 Å². The first-order valence-corrected chi connectivity index (χ1v) is 7.30. The van der Waals surface area contributed by atoms with Crippen LogP contribution in [0.3, 0.4) is 0 Å². The number of amides is 2. The van der Waals surface area contributed by atoms with Crippen molar-refractivity contribution in [1.82, 2.24) is 15.6 Å². The van der Waals surface area contributed by atoms with Crippen molar-refractivity contribution >= 4 is 11.8 Å². The van der Waals surface area contributed by atoms with Gasteiger partial charge in [-0.3, -0.25) is 14.6 Å². The van der Waals surface area contributed by atoms with E-state index < -0.39 is 5.91 Å². The normalized spacial score (nSPS) is 17.0. The predicted octanol–water partition coefficient (Wildman–Crippen LogP) is -0.0735. The van der Waals surface area contributed by atoms with E-state index in [4.69, 9.17) is 10.5 Å². The van der Waals surface area contributed by atoms with Gasteiger partial charge in [-0.05, 0) is 38.1 Å². The van der Waals surface area contributed by atoms with Gasteiger partial charge in [-0.1, -0.05) is 0 Å². The molecule has 7 nitrogen and oxygen atoms in total. The van der Waals surface area contributed by atoms with E-state index in [1.807, 2.05) is 0 Å². The van der Waals surface area contributed by atoms with Crippen molar-refractivity contribution in [2.75, 3.05) is 33.4 Å². The molecule has 0 unspecified atom stereocenters. The molecular formula is C15H22N4O3. The number of methoxy groups -OCH3 is 1. The summed E-state index contributed by atoms with van der Waals surface area (Å²) in [4.78, 5) is 27.1. The number of nitrogens with zero attached hydrogens (tertiary/aromatic N) is 1. The Bertz CT molecular complexity index is 519. The summed E-state index contributed by atoms with van der Waals surface area (Å²) in [6.45, 7) is 3.00. The maximum atomic E-state index is 12.2. The van der Waals surface area contributed by atoms with Crippen LogP contribution < -0.4 is 16.4 Å². The highest BCUT2D eigenvalue weighted by Crippen LogP contribution is 2.28. The number of primary amides is 1. The average Bonchev–Trinajstić information content (AvgIpc) is 2.54. The minimum atomic E-state index is -0.562. The first kappa shape index (κ1) is 16.4. The summed E-state index contributed by atoms with van der Waals surface area (Å²) in [6.07, 6.45) is 3.22. The molecule has 1 fully saturated rings. The molecule has 0 atom stereocenters. The molecule has 0 spiro atoms. The summed E-state index contributed by atoms with van der Waals surface area (Å²) >= 11 is 0. The Balaban J connectivity index is 1.97. The molecule has 1 aliphatic heterocycles. The number of piperidine rings is 1. The van der Waals surface area contributed by atoms with Crippen LogP contribution in [0.15, 0.2) is 18.3 Å². The summed E-state index contributed by atoms with van der Waals surface area (Å²) in [5.74, 6) is -0.821. The monoisotopic (exact) mass is 306 g/mol. The zero-order valence-corrected chi connectivity index (χ0v) is 12.7. The van der Waals surface area contributed by atoms with Crippen LogP contribution in [0.25, 0.3) is 0 Å². The van der Waals surface area contributed by atoms with Crippen LogP contribution in [-0.4, -0.2) is 50.1 Å². The number of carbonyl (C=O) groups is 2. The van der Waals surface area contributed by atoms with E-state index in [2.05, 4.69) is 15.6 Å². The Morgan fingerprint density at radius 1 is 1.41 bits per heavy atom. The molecule has 1 saturated heterocycles. The van der Waals surface area contributed by atoms with Gasteiger partial charge in [-0.15, -0.1) is 0 Å². The van der Waals surface area contributed by atoms with E-state index in [1.165, 1.54) is 18.3 Å². The van der Waals surface area contributed by atoms with Crippen molar-refractivity contribution in [2.45, 2.75) is 12.8 Å². The highest BCUT2D eigenvalue weighted by Gasteiger charge is 2.32. The second kappa shape index (κ2) is 7.33. The van der Waals surface area contributed by atoms with E-state index in [1.54, 1.807) is 7.11 Å². The number of carbonyl (C=O) groups excluding carboxylic acids is 2. The van der Waals surface area contributed by atoms with Crippen LogP contribution in [-0.2, 0) is 4.74 Å². The van der Waals surface area contributed by atoms with E-state index in [-0.39, 0.29) is 22.6 Å². The van der Waals surface area contributed by atoms with Gasteiger partial charge in [-0.25, -0.2) is 0 Å². The SMILES string of the molecule is COCC1(CNC(=O)c2ccc(C(N)=O)cn2)CCNCC1. The lowest BCUT2D eigenvalue weighted by Crippen LogP contribution is -2.47. The van der Waals surface area contributed by atoms with E-state index in [0.717, 1.165) is 25.9 Å². The summed E-state index contributed by atoms with van der Waals surface area (Å²) in [5.41, 5.74) is 5.66. The number of ether oxygens (including phenoxy) is 1. The molecule has 0 bridgehead atoms. The fourth-order valence-corrected chi connectivity index (χ4v) is 2.67. The number of hydrogen-bond donors (Lipinski definition) is 3. The smallest absolute Gasteiger partial charge is 0.269 e. The lowest BCUT2D eigenvalue weighted by atomic mass is 9.79. The fraction of sp³-hybridized carbons (Fsp3) is 0.533. The van der Waals surface area contributed by atoms with E-state index in [9.17, 15) is 9.59 Å². The quantitative estimate of drug-likeness (QED) is 0.682. The van der Waals surface area contributed by atoms with Gasteiger partial charge in [0.2, 0.25) is 5.91 Å². The van der Waals surface area contributed by atoms with Gasteiger partial charge in [0.15, 0.2) is 0 Å². The number of rotatable bonds is 6. The Labute approximate surface area is 129 Å². The van der Waals surface area contributed by atoms with Gasteiger partial charge in [0.25, 0.3) is 5.91 Å². The Morgan fingerprint density at radius 2 is 2.14 bits per heavy atom. The molecule has 0 saturated carbocycles. The standard InChI is InChI=1S/C15H22N4O3/c1-22-10-15(4-6-17-7-5-15)9-19-14(21)12-3-2-11(8-18-12)13(16)20/h2-3,8,17H,4-7,9-10H2,1H3,(H2,16,20)(H,19,21). The number of aromatic nitrogens is 1. The third kappa shape index (κ3) is 4.02. The van der Waals surface area contributed by atoms with Crippen molar-refractivity contribution in [1.29, 1.82) is 0 Å². The first-order valence-electron chi connectivity index (χ1n) is 7.30. The Kier molecular flexibility index (Phi) is 5.46. The third-order valence-electron chi connectivity index (χ3n) is 4.02. The second-order valence-corrected chi connectivity index (χ2v) is 5.66. The summed E-state index contributed by atoms with van der Waals surface area (Å²) in [6, 6.07) is 3.00. The van der Waals surface area contributed by atoms with Crippen molar-refractivity contribution in [3.8, 4) is 0 Å². The zero-order valence-electron chi connectivity index (χ0n) is 12.7. The fourth-order valence-electron chi connectivity index (χ4n) is 2.67. The molecule has 7 heteroatoms. The summed E-state index contributed by atoms with van der Waals surface area (Å²) in [5, 5.41) is 6.23. The van der Waals surface area contributed by atoms with E-state index in [0.29, 0.717) is 13.2 Å². The Hall–Kier alpha value is -1.99. The molecule has 0 aromatic carbocycles. The number of nitrogens with two attached hydrogens (primary N) is 1. The van der Waals surface area contributed by atoms with Gasteiger partial charge in [-0.2, -0.15) is 0 Å². The molecule has 1 aromatic heterocycles. The highest BCUT2D eigenvalue weighted by molar-refractivity contribution is 5.95. The number of nitrogens with one attached hydrogen (secondary N) is 2. The van der Waals surface area contributed by atoms with Crippen LogP contribution in [0.1, 0.15) is 33.7 Å². The lowest BCUT2D eigenvalue weighted by Gasteiger charge is -2.37.